The predicted molar refractivity (Wildman–Crippen MR) is 166 cm³/mol. The topological polar surface area (TPSA) is 251 Å². The zero-order valence-electron chi connectivity index (χ0n) is 25.7. The van der Waals surface area contributed by atoms with Crippen LogP contribution >= 0.6 is 0 Å². The summed E-state index contributed by atoms with van der Waals surface area (Å²) >= 11 is 0. The van der Waals surface area contributed by atoms with Crippen molar-refractivity contribution < 1.29 is 49.3 Å². The van der Waals surface area contributed by atoms with Gasteiger partial charge >= 0.3 is 21.1 Å². The maximum Gasteiger partial charge on any atom is 2.00 e. The van der Waals surface area contributed by atoms with Crippen molar-refractivity contribution in [3.8, 4) is 0 Å². The molecule has 250 valence electrons. The Hall–Kier alpha value is -3.95. The van der Waals surface area contributed by atoms with Crippen molar-refractivity contribution in [1.82, 2.24) is 19.7 Å². The molecule has 2 atom stereocenters. The molecule has 4 aromatic rings. The van der Waals surface area contributed by atoms with Crippen LogP contribution in [0.2, 0.25) is 0 Å². The Kier molecular flexibility index (Phi) is 13.8. The molecule has 0 spiro atoms. The second-order valence-electron chi connectivity index (χ2n) is 10.5. The van der Waals surface area contributed by atoms with E-state index in [1.165, 1.54) is 18.9 Å². The van der Waals surface area contributed by atoms with Crippen molar-refractivity contribution in [2.24, 2.45) is 23.7 Å². The average molecular weight is 835 g/mol. The maximum absolute atomic E-state index is 11.8. The molecule has 0 saturated heterocycles. The number of primary sulfonamides is 1. The molecule has 5 rings (SSSR count). The molecular weight excluding hydrogens is 798 g/mol. The smallest absolute Gasteiger partial charge is 0.543 e. The fraction of sp³-hybridized carbons (Fsp3) is 0.345. The monoisotopic (exact) mass is 834 g/mol. The Morgan fingerprint density at radius 1 is 1.00 bits per heavy atom. The molecule has 2 aromatic carbocycles. The van der Waals surface area contributed by atoms with Gasteiger partial charge in [0.2, 0.25) is 16.0 Å². The van der Waals surface area contributed by atoms with Crippen LogP contribution in [0.5, 0.6) is 0 Å². The first-order valence-corrected chi connectivity index (χ1v) is 15.5. The van der Waals surface area contributed by atoms with E-state index in [-0.39, 0.29) is 38.0 Å². The molecule has 1 fully saturated rings. The van der Waals surface area contributed by atoms with Crippen LogP contribution in [-0.2, 0) is 47.7 Å². The summed E-state index contributed by atoms with van der Waals surface area (Å²) in [6.45, 7) is 3.73. The first-order valence-electron chi connectivity index (χ1n) is 13.9. The molecule has 0 amide bonds. The number of rotatable bonds is 5. The van der Waals surface area contributed by atoms with Crippen molar-refractivity contribution in [2.45, 2.75) is 56.5 Å². The molecule has 2 aromatic heterocycles. The number of sulfonamides is 1. The fourth-order valence-electron chi connectivity index (χ4n) is 4.56. The third-order valence-electron chi connectivity index (χ3n) is 7.28. The zero-order chi connectivity index (χ0) is 33.5. The number of aryl methyl sites for hydroxylation is 3. The number of carbonyl (C=O) groups is 2. The molecule has 17 heteroatoms. The minimum Gasteiger partial charge on any atom is -0.543 e. The normalized spacial score (nSPS) is 15.7. The maximum atomic E-state index is 11.8. The number of hydrogen-bond donors (Lipinski definition) is 4. The largest absolute Gasteiger partial charge is 2.00 e. The van der Waals surface area contributed by atoms with Gasteiger partial charge in [-0.25, -0.2) is 18.5 Å². The standard InChI is InChI=1S/C21H23N7O2S.C6H14N2.C2H2O4.Pt/c1-13-5-6-15(11-19(13)31(22,29)30)24-21-23-10-9-20(25-21)27(3)16-7-8-17-14(2)28(4)26-18(17)12-16;7-5-3-1-2-4-6(5)8;3-1(4)2(5)6;/h5-12H,1-4H3,(H2,22,29,30)(H,23,24,25);5-6H,1-4,7-8H2;(H,3,4)(H,5,6);/q;;;+2/p-2/t;5-,6-;;/m.1../s1. The average Bonchev–Trinajstić information content (AvgIpc) is 3.27. The molecule has 15 nitrogen and oxygen atoms in total. The summed E-state index contributed by atoms with van der Waals surface area (Å²) < 4.78 is 25.4. The quantitative estimate of drug-likeness (QED) is 0.191. The number of carboxylic acids is 2. The van der Waals surface area contributed by atoms with Crippen molar-refractivity contribution in [1.29, 1.82) is 0 Å². The molecule has 1 aliphatic rings. The summed E-state index contributed by atoms with van der Waals surface area (Å²) in [7, 11) is 0.0129. The molecule has 0 aliphatic heterocycles. The fourth-order valence-corrected chi connectivity index (χ4v) is 5.37. The molecule has 0 radical (unpaired) electrons. The number of fused-ring (bicyclic) bond motifs is 1. The number of aliphatic carboxylic acids is 2. The molecule has 2 heterocycles. The molecular formula is C29H37N9O6PtS. The van der Waals surface area contributed by atoms with Gasteiger partial charge in [0, 0.05) is 54.8 Å². The van der Waals surface area contributed by atoms with Crippen LogP contribution in [0.1, 0.15) is 36.9 Å². The van der Waals surface area contributed by atoms with E-state index in [9.17, 15) is 8.42 Å². The van der Waals surface area contributed by atoms with Gasteiger partial charge in [-0.15, -0.1) is 0 Å². The van der Waals surface area contributed by atoms with Crippen molar-refractivity contribution in [2.75, 3.05) is 17.3 Å². The van der Waals surface area contributed by atoms with Crippen LogP contribution in [0.15, 0.2) is 53.6 Å². The predicted octanol–water partition coefficient (Wildman–Crippen LogP) is -0.162. The van der Waals surface area contributed by atoms with Gasteiger partial charge in [-0.3, -0.25) is 4.68 Å². The van der Waals surface area contributed by atoms with E-state index in [1.807, 2.05) is 48.8 Å². The minimum absolute atomic E-state index is 0. The number of nitrogens with zero attached hydrogens (tertiary/aromatic N) is 5. The summed E-state index contributed by atoms with van der Waals surface area (Å²) in [5, 5.41) is 31.8. The van der Waals surface area contributed by atoms with Gasteiger partial charge in [0.15, 0.2) is 0 Å². The van der Waals surface area contributed by atoms with Gasteiger partial charge in [-0.05, 0) is 68.7 Å². The van der Waals surface area contributed by atoms with Crippen LogP contribution < -0.4 is 37.0 Å². The van der Waals surface area contributed by atoms with Crippen LogP contribution in [0.3, 0.4) is 0 Å². The van der Waals surface area contributed by atoms with Crippen LogP contribution in [-0.4, -0.2) is 59.2 Å². The molecule has 1 saturated carbocycles. The second-order valence-corrected chi connectivity index (χ2v) is 12.1. The third-order valence-corrected chi connectivity index (χ3v) is 8.33. The molecule has 1 aliphatic carbocycles. The number of anilines is 4. The summed E-state index contributed by atoms with van der Waals surface area (Å²) in [5.74, 6) is -3.36. The van der Waals surface area contributed by atoms with E-state index in [2.05, 4.69) is 20.4 Å². The van der Waals surface area contributed by atoms with E-state index in [1.54, 1.807) is 31.3 Å². The van der Waals surface area contributed by atoms with E-state index in [0.717, 1.165) is 35.1 Å². The number of nitrogens with two attached hydrogens (primary N) is 3. The Labute approximate surface area is 281 Å². The molecule has 0 bridgehead atoms. The summed E-state index contributed by atoms with van der Waals surface area (Å²) in [5.41, 5.74) is 15.4. The molecule has 0 unspecified atom stereocenters. The summed E-state index contributed by atoms with van der Waals surface area (Å²) in [6.07, 6.45) is 6.44. The third kappa shape index (κ3) is 10.3. The Morgan fingerprint density at radius 3 is 2.15 bits per heavy atom. The number of hydrogen-bond acceptors (Lipinski definition) is 13. The Balaban J connectivity index is 0.000000408. The van der Waals surface area contributed by atoms with Gasteiger partial charge in [0.1, 0.15) is 5.82 Å². The van der Waals surface area contributed by atoms with Crippen LogP contribution in [0.4, 0.5) is 23.1 Å². The second kappa shape index (κ2) is 16.6. The Morgan fingerprint density at radius 2 is 1.61 bits per heavy atom. The van der Waals surface area contributed by atoms with Crippen molar-refractivity contribution in [3.05, 3.63) is 59.9 Å². The summed E-state index contributed by atoms with van der Waals surface area (Å²) in [4.78, 5) is 28.6. The van der Waals surface area contributed by atoms with Gasteiger partial charge in [-0.2, -0.15) is 10.1 Å². The SMILES string of the molecule is Cc1ccc(Nc2nccc(N(C)c3ccc4c(C)n(C)nc4c3)n2)cc1S(N)(=O)=O.N[C@@H]1CCCC[C@H]1N.O=C([O-])C(=O)[O-].[Pt+2]. The molecule has 46 heavy (non-hydrogen) atoms. The van der Waals surface area contributed by atoms with E-state index < -0.39 is 22.0 Å². The van der Waals surface area contributed by atoms with Gasteiger partial charge in [0.25, 0.3) is 0 Å². The van der Waals surface area contributed by atoms with Gasteiger partial charge in [-0.1, -0.05) is 18.9 Å². The molecule has 7 N–H and O–H groups in total. The number of aromatic nitrogens is 4. The van der Waals surface area contributed by atoms with Gasteiger partial charge in [0.05, 0.1) is 22.4 Å². The van der Waals surface area contributed by atoms with Crippen LogP contribution in [0, 0.1) is 13.8 Å². The number of carbonyl (C=O) groups excluding carboxylic acids is 2. The first kappa shape index (κ1) is 38.2. The number of nitrogens with one attached hydrogen (secondary N) is 1. The van der Waals surface area contributed by atoms with Crippen LogP contribution in [0.25, 0.3) is 10.9 Å². The van der Waals surface area contributed by atoms with Crippen molar-refractivity contribution >= 4 is 56.0 Å². The number of carboxylic acid groups (broad SMARTS) is 2. The zero-order valence-corrected chi connectivity index (χ0v) is 28.8. The minimum atomic E-state index is -3.82. The Bertz CT molecular complexity index is 1760. The first-order chi connectivity index (χ1) is 21.1. The van der Waals surface area contributed by atoms with Crippen molar-refractivity contribution in [3.63, 3.8) is 0 Å². The van der Waals surface area contributed by atoms with Gasteiger partial charge < -0.3 is 41.5 Å². The number of benzene rings is 2. The van der Waals surface area contributed by atoms with E-state index >= 15 is 0 Å². The van der Waals surface area contributed by atoms with E-state index in [4.69, 9.17) is 36.4 Å². The summed E-state index contributed by atoms with van der Waals surface area (Å²) in [6, 6.07) is 13.3. The van der Waals surface area contributed by atoms with E-state index in [0.29, 0.717) is 23.0 Å².